The molecular weight excluding hydrogens is 438 g/mol. The zero-order valence-electron chi connectivity index (χ0n) is 17.3. The Hall–Kier alpha value is -3.46. The molecule has 0 saturated heterocycles. The molecule has 0 atom stereocenters. The number of carbonyl (C=O) groups is 1. The van der Waals surface area contributed by atoms with Gasteiger partial charge in [0.2, 0.25) is 5.91 Å². The van der Waals surface area contributed by atoms with Gasteiger partial charge in [0.25, 0.3) is 10.0 Å². The zero-order chi connectivity index (χ0) is 23.1. The summed E-state index contributed by atoms with van der Waals surface area (Å²) in [5.74, 6) is -1.37. The minimum absolute atomic E-state index is 0.0567. The van der Waals surface area contributed by atoms with Crippen molar-refractivity contribution in [1.29, 1.82) is 0 Å². The molecule has 0 aliphatic rings. The Morgan fingerprint density at radius 2 is 1.62 bits per heavy atom. The summed E-state index contributed by atoms with van der Waals surface area (Å²) >= 11 is 0. The van der Waals surface area contributed by atoms with E-state index in [0.29, 0.717) is 5.75 Å². The number of nitrogens with one attached hydrogen (secondary N) is 1. The summed E-state index contributed by atoms with van der Waals surface area (Å²) < 4.78 is 59.9. The highest BCUT2D eigenvalue weighted by atomic mass is 32.2. The molecule has 3 rings (SSSR count). The second kappa shape index (κ2) is 10.2. The van der Waals surface area contributed by atoms with Gasteiger partial charge in [-0.1, -0.05) is 29.8 Å². The minimum Gasteiger partial charge on any atom is -0.492 e. The third kappa shape index (κ3) is 5.82. The van der Waals surface area contributed by atoms with Crippen LogP contribution in [0.1, 0.15) is 5.56 Å². The van der Waals surface area contributed by atoms with Gasteiger partial charge >= 0.3 is 0 Å². The lowest BCUT2D eigenvalue weighted by atomic mass is 10.2. The van der Waals surface area contributed by atoms with E-state index in [4.69, 9.17) is 4.74 Å². The van der Waals surface area contributed by atoms with Crippen LogP contribution >= 0.6 is 0 Å². The number of hydrogen-bond donors (Lipinski definition) is 1. The third-order valence-electron chi connectivity index (χ3n) is 4.52. The Morgan fingerprint density at radius 3 is 2.28 bits per heavy atom. The minimum atomic E-state index is -4.20. The van der Waals surface area contributed by atoms with E-state index in [-0.39, 0.29) is 23.7 Å². The maximum Gasteiger partial charge on any atom is 0.264 e. The smallest absolute Gasteiger partial charge is 0.264 e. The summed E-state index contributed by atoms with van der Waals surface area (Å²) in [6.07, 6.45) is 0. The molecule has 6 nitrogen and oxygen atoms in total. The van der Waals surface area contributed by atoms with Crippen molar-refractivity contribution >= 4 is 21.6 Å². The highest BCUT2D eigenvalue weighted by Crippen LogP contribution is 2.26. The predicted molar refractivity (Wildman–Crippen MR) is 117 cm³/mol. The molecule has 0 saturated carbocycles. The summed E-state index contributed by atoms with van der Waals surface area (Å²) in [5.41, 5.74) is 0.631. The molecule has 9 heteroatoms. The Balaban J connectivity index is 1.71. The Kier molecular flexibility index (Phi) is 7.42. The van der Waals surface area contributed by atoms with E-state index in [2.05, 4.69) is 5.32 Å². The molecule has 0 heterocycles. The Morgan fingerprint density at radius 1 is 0.969 bits per heavy atom. The molecule has 1 amide bonds. The number of sulfonamides is 1. The van der Waals surface area contributed by atoms with Crippen LogP contribution in [0.25, 0.3) is 0 Å². The largest absolute Gasteiger partial charge is 0.492 e. The monoisotopic (exact) mass is 460 g/mol. The summed E-state index contributed by atoms with van der Waals surface area (Å²) in [7, 11) is -4.20. The SMILES string of the molecule is Cc1ccc(S(=O)(=O)N(CC(=O)NCCOc2ccc(F)cc2)c2ccccc2F)cc1. The number of anilines is 1. The number of ether oxygens (including phenoxy) is 1. The summed E-state index contributed by atoms with van der Waals surface area (Å²) in [5, 5.41) is 2.55. The molecule has 0 aliphatic carbocycles. The van der Waals surface area contributed by atoms with E-state index in [0.717, 1.165) is 15.9 Å². The van der Waals surface area contributed by atoms with Gasteiger partial charge in [-0.05, 0) is 55.5 Å². The van der Waals surface area contributed by atoms with Crippen molar-refractivity contribution in [2.75, 3.05) is 24.0 Å². The number of para-hydroxylation sites is 1. The van der Waals surface area contributed by atoms with Crippen LogP contribution in [0.5, 0.6) is 5.75 Å². The number of hydrogen-bond acceptors (Lipinski definition) is 4. The van der Waals surface area contributed by atoms with Crippen LogP contribution in [0.15, 0.2) is 77.7 Å². The van der Waals surface area contributed by atoms with Crippen molar-refractivity contribution in [3.8, 4) is 5.75 Å². The van der Waals surface area contributed by atoms with E-state index in [1.807, 2.05) is 6.92 Å². The van der Waals surface area contributed by atoms with Gasteiger partial charge in [-0.25, -0.2) is 17.2 Å². The van der Waals surface area contributed by atoms with Crippen molar-refractivity contribution in [2.24, 2.45) is 0 Å². The number of rotatable bonds is 9. The molecule has 32 heavy (non-hydrogen) atoms. The average molecular weight is 461 g/mol. The molecule has 168 valence electrons. The van der Waals surface area contributed by atoms with Crippen molar-refractivity contribution < 1.29 is 26.7 Å². The highest BCUT2D eigenvalue weighted by molar-refractivity contribution is 7.92. The van der Waals surface area contributed by atoms with E-state index in [1.165, 1.54) is 54.6 Å². The van der Waals surface area contributed by atoms with E-state index in [9.17, 15) is 22.0 Å². The number of nitrogens with zero attached hydrogens (tertiary/aromatic N) is 1. The van der Waals surface area contributed by atoms with Crippen molar-refractivity contribution in [3.05, 3.63) is 90.0 Å². The first-order valence-electron chi connectivity index (χ1n) is 9.76. The maximum atomic E-state index is 14.4. The van der Waals surface area contributed by atoms with Crippen LogP contribution in [0.2, 0.25) is 0 Å². The van der Waals surface area contributed by atoms with Crippen molar-refractivity contribution in [3.63, 3.8) is 0 Å². The molecule has 3 aromatic carbocycles. The lowest BCUT2D eigenvalue weighted by molar-refractivity contribution is -0.119. The molecular formula is C23H22F2N2O4S. The van der Waals surface area contributed by atoms with Crippen LogP contribution in [-0.2, 0) is 14.8 Å². The van der Waals surface area contributed by atoms with Gasteiger partial charge < -0.3 is 10.1 Å². The normalized spacial score (nSPS) is 11.1. The zero-order valence-corrected chi connectivity index (χ0v) is 18.1. The Bertz CT molecular complexity index is 1170. The van der Waals surface area contributed by atoms with Crippen molar-refractivity contribution in [2.45, 2.75) is 11.8 Å². The molecule has 0 aromatic heterocycles. The number of aryl methyl sites for hydroxylation is 1. The predicted octanol–water partition coefficient (Wildman–Crippen LogP) is 3.66. The van der Waals surface area contributed by atoms with Crippen LogP contribution in [0.4, 0.5) is 14.5 Å². The fraction of sp³-hybridized carbons (Fsp3) is 0.174. The van der Waals surface area contributed by atoms with Gasteiger partial charge in [0, 0.05) is 0 Å². The number of carbonyl (C=O) groups excluding carboxylic acids is 1. The lowest BCUT2D eigenvalue weighted by Gasteiger charge is -2.24. The van der Waals surface area contributed by atoms with Gasteiger partial charge in [0.1, 0.15) is 30.5 Å². The van der Waals surface area contributed by atoms with Gasteiger partial charge in [-0.2, -0.15) is 0 Å². The fourth-order valence-corrected chi connectivity index (χ4v) is 4.30. The van der Waals surface area contributed by atoms with Crippen LogP contribution in [0, 0.1) is 18.6 Å². The molecule has 3 aromatic rings. The van der Waals surface area contributed by atoms with Crippen LogP contribution in [-0.4, -0.2) is 34.0 Å². The second-order valence-electron chi connectivity index (χ2n) is 6.93. The first-order valence-corrected chi connectivity index (χ1v) is 11.2. The van der Waals surface area contributed by atoms with Gasteiger partial charge in [-0.3, -0.25) is 9.10 Å². The molecule has 0 radical (unpaired) electrons. The number of halogens is 2. The lowest BCUT2D eigenvalue weighted by Crippen LogP contribution is -2.42. The highest BCUT2D eigenvalue weighted by Gasteiger charge is 2.29. The molecule has 0 unspecified atom stereocenters. The van der Waals surface area contributed by atoms with Crippen molar-refractivity contribution in [1.82, 2.24) is 5.32 Å². The summed E-state index contributed by atoms with van der Waals surface area (Å²) in [4.78, 5) is 12.4. The molecule has 0 bridgehead atoms. The summed E-state index contributed by atoms with van der Waals surface area (Å²) in [6.45, 7) is 1.36. The first-order chi connectivity index (χ1) is 15.3. The van der Waals surface area contributed by atoms with Crippen LogP contribution < -0.4 is 14.4 Å². The average Bonchev–Trinajstić information content (AvgIpc) is 2.77. The van der Waals surface area contributed by atoms with E-state index >= 15 is 0 Å². The second-order valence-corrected chi connectivity index (χ2v) is 8.79. The quantitative estimate of drug-likeness (QED) is 0.495. The third-order valence-corrected chi connectivity index (χ3v) is 6.30. The first kappa shape index (κ1) is 23.2. The Labute approximate surface area is 185 Å². The molecule has 0 aliphatic heterocycles. The maximum absolute atomic E-state index is 14.4. The number of benzene rings is 3. The molecule has 1 N–H and O–H groups in total. The number of amides is 1. The molecule has 0 spiro atoms. The van der Waals surface area contributed by atoms with Gasteiger partial charge in [0.05, 0.1) is 17.1 Å². The summed E-state index contributed by atoms with van der Waals surface area (Å²) in [6, 6.07) is 16.8. The fourth-order valence-electron chi connectivity index (χ4n) is 2.87. The van der Waals surface area contributed by atoms with Crippen LogP contribution in [0.3, 0.4) is 0 Å². The van der Waals surface area contributed by atoms with Gasteiger partial charge in [0.15, 0.2) is 0 Å². The topological polar surface area (TPSA) is 75.7 Å². The van der Waals surface area contributed by atoms with E-state index in [1.54, 1.807) is 12.1 Å². The molecule has 0 fully saturated rings. The van der Waals surface area contributed by atoms with Gasteiger partial charge in [-0.15, -0.1) is 0 Å². The standard InChI is InChI=1S/C23H22F2N2O4S/c1-17-6-12-20(13-7-17)32(29,30)27(22-5-3-2-4-21(22)25)16-23(28)26-14-15-31-19-10-8-18(24)9-11-19/h2-13H,14-16H2,1H3,(H,26,28). The van der Waals surface area contributed by atoms with E-state index < -0.39 is 34.1 Å².